The summed E-state index contributed by atoms with van der Waals surface area (Å²) in [5.41, 5.74) is -3.55. The zero-order valence-corrected chi connectivity index (χ0v) is 54.5. The van der Waals surface area contributed by atoms with Crippen LogP contribution in [-0.4, -0.2) is 130 Å². The number of nitrogens with one attached hydrogen (secondary N) is 4. The van der Waals surface area contributed by atoms with E-state index in [4.69, 9.17) is 61.3 Å². The zero-order chi connectivity index (χ0) is 64.9. The van der Waals surface area contributed by atoms with Crippen molar-refractivity contribution in [3.63, 3.8) is 0 Å². The Hall–Kier alpha value is -7.90. The topological polar surface area (TPSA) is 351 Å². The van der Waals surface area contributed by atoms with Crippen molar-refractivity contribution >= 4 is 85.6 Å². The average Bonchev–Trinajstić information content (AvgIpc) is 0.857. The van der Waals surface area contributed by atoms with E-state index < -0.39 is 75.0 Å². The molecule has 6 N–H and O–H groups in total. The fraction of sp³-hybridized carbons (Fsp3) is 0.429. The number of halogens is 2. The number of amides is 2. The number of pyridine rings is 2. The van der Waals surface area contributed by atoms with E-state index in [0.717, 1.165) is 22.2 Å². The van der Waals surface area contributed by atoms with Gasteiger partial charge in [-0.05, 0) is 93.5 Å². The van der Waals surface area contributed by atoms with Crippen LogP contribution in [-0.2, 0) is 55.4 Å². The third-order valence-corrected chi connectivity index (χ3v) is 14.2. The number of carbonyl (C=O) groups excluding carboxylic acids is 2. The minimum atomic E-state index is -4.91. The van der Waals surface area contributed by atoms with Gasteiger partial charge in [0.25, 0.3) is 11.8 Å². The van der Waals surface area contributed by atoms with Crippen molar-refractivity contribution in [3.05, 3.63) is 72.6 Å². The SMILES string of the molecule is C.C.COc1cc(Nc2ncc(F)c(Nc3ccc4c(n3)N(COP(=O)(O)O)C(=O)C(C)(C)O4)n2)cc(OC)c1OC.COc1cc(Nc2ncc(F)c(Nc3ccc4c(n3)N(COP(=O)(OC(C)(C)C)OC(C)(C)C)C(=O)C(C)(C)O4)n2)cc(OC)c1OC.[V]. The number of rotatable bonds is 22. The van der Waals surface area contributed by atoms with E-state index in [0.29, 0.717) is 45.9 Å². The van der Waals surface area contributed by atoms with Gasteiger partial charge in [0.05, 0.1) is 66.3 Å². The Morgan fingerprint density at radius 1 is 0.549 bits per heavy atom. The van der Waals surface area contributed by atoms with Gasteiger partial charge in [0, 0.05) is 54.2 Å². The molecule has 0 saturated carbocycles. The minimum Gasteiger partial charge on any atom is -0.493 e. The number of hydrogen-bond acceptors (Lipinski definition) is 26. The first-order valence-corrected chi connectivity index (χ1v) is 29.2. The summed E-state index contributed by atoms with van der Waals surface area (Å²) in [6.07, 6.45) is 1.91. The number of methoxy groups -OCH3 is 6. The third kappa shape index (κ3) is 19.1. The van der Waals surface area contributed by atoms with Gasteiger partial charge in [0.2, 0.25) is 23.4 Å². The van der Waals surface area contributed by atoms with Gasteiger partial charge in [0.15, 0.2) is 80.6 Å². The molecule has 2 aromatic carbocycles. The van der Waals surface area contributed by atoms with Gasteiger partial charge in [-0.1, -0.05) is 14.9 Å². The fourth-order valence-corrected chi connectivity index (χ4v) is 10.1. The number of benzene rings is 2. The number of hydrogen-bond donors (Lipinski definition) is 6. The van der Waals surface area contributed by atoms with Crippen molar-refractivity contribution in [2.45, 2.75) is 106 Å². The number of aromatic nitrogens is 6. The predicted molar refractivity (Wildman–Crippen MR) is 329 cm³/mol. The van der Waals surface area contributed by atoms with Crippen LogP contribution in [0, 0.1) is 11.6 Å². The second-order valence-electron chi connectivity index (χ2n) is 21.7. The molecule has 35 heteroatoms. The smallest absolute Gasteiger partial charge is 0.477 e. The average molecular weight is 1360 g/mol. The van der Waals surface area contributed by atoms with E-state index in [1.807, 2.05) is 0 Å². The maximum absolute atomic E-state index is 15.0. The second-order valence-corrected chi connectivity index (χ2v) is 24.5. The summed E-state index contributed by atoms with van der Waals surface area (Å²) in [4.78, 5) is 71.9. The van der Waals surface area contributed by atoms with Crippen molar-refractivity contribution in [1.29, 1.82) is 0 Å². The minimum absolute atomic E-state index is 0. The van der Waals surface area contributed by atoms with Crippen LogP contribution in [0.5, 0.6) is 46.0 Å². The normalized spacial score (nSPS) is 13.9. The first-order chi connectivity index (χ1) is 41.1. The molecule has 0 spiro atoms. The zero-order valence-electron chi connectivity index (χ0n) is 51.3. The Morgan fingerprint density at radius 3 is 1.20 bits per heavy atom. The summed E-state index contributed by atoms with van der Waals surface area (Å²) in [6.45, 7) is 15.0. The summed E-state index contributed by atoms with van der Waals surface area (Å²) in [5, 5.41) is 11.4. The number of ether oxygens (including phenoxy) is 8. The Bertz CT molecular complexity index is 3600. The fourth-order valence-electron chi connectivity index (χ4n) is 8.12. The molecule has 0 unspecified atom stereocenters. The van der Waals surface area contributed by atoms with Crippen LogP contribution in [0.3, 0.4) is 0 Å². The molecule has 0 bridgehead atoms. The Labute approximate surface area is 537 Å². The van der Waals surface area contributed by atoms with Gasteiger partial charge in [-0.15, -0.1) is 0 Å². The number of nitrogens with zero attached hydrogens (tertiary/aromatic N) is 8. The number of fused-ring (bicyclic) bond motifs is 2. The summed E-state index contributed by atoms with van der Waals surface area (Å²) >= 11 is 0. The molecular formula is C56H76F2N12O18P2V. The third-order valence-electron chi connectivity index (χ3n) is 11.7. The molecule has 8 rings (SSSR count). The van der Waals surface area contributed by atoms with Crippen molar-refractivity contribution in [2.75, 3.05) is 87.2 Å². The van der Waals surface area contributed by atoms with E-state index >= 15 is 0 Å². The molecule has 1 radical (unpaired) electrons. The molecule has 91 heavy (non-hydrogen) atoms. The van der Waals surface area contributed by atoms with Gasteiger partial charge in [-0.2, -0.15) is 9.97 Å². The monoisotopic (exact) mass is 1360 g/mol. The van der Waals surface area contributed by atoms with Crippen LogP contribution in [0.4, 0.5) is 67.0 Å². The van der Waals surface area contributed by atoms with Crippen LogP contribution >= 0.6 is 15.6 Å². The van der Waals surface area contributed by atoms with Crippen molar-refractivity contribution in [3.8, 4) is 46.0 Å². The van der Waals surface area contributed by atoms with Gasteiger partial charge in [-0.25, -0.2) is 37.8 Å². The first kappa shape index (κ1) is 75.6. The first-order valence-electron chi connectivity index (χ1n) is 26.2. The number of carbonyl (C=O) groups is 2. The number of phosphoric ester groups is 2. The van der Waals surface area contributed by atoms with Gasteiger partial charge in [0.1, 0.15) is 25.1 Å². The summed E-state index contributed by atoms with van der Waals surface area (Å²) < 4.78 is 120. The molecule has 0 atom stereocenters. The number of phosphoric acid groups is 2. The van der Waals surface area contributed by atoms with E-state index in [9.17, 15) is 27.5 Å². The summed E-state index contributed by atoms with van der Waals surface area (Å²) in [6, 6.07) is 12.5. The van der Waals surface area contributed by atoms with E-state index in [1.165, 1.54) is 74.7 Å². The molecule has 0 aliphatic carbocycles. The molecule has 6 heterocycles. The maximum atomic E-state index is 15.0. The number of anilines is 10. The molecular weight excluding hydrogens is 1280 g/mol. The van der Waals surface area contributed by atoms with E-state index in [-0.39, 0.29) is 91.7 Å². The van der Waals surface area contributed by atoms with Crippen LogP contribution in [0.25, 0.3) is 0 Å². The largest absolute Gasteiger partial charge is 0.493 e. The Kier molecular flexibility index (Phi) is 24.9. The van der Waals surface area contributed by atoms with E-state index in [1.54, 1.807) is 85.7 Å². The molecule has 4 aromatic heterocycles. The molecule has 6 aromatic rings. The van der Waals surface area contributed by atoms with Gasteiger partial charge < -0.3 is 68.9 Å². The quantitative estimate of drug-likeness (QED) is 0.0344. The predicted octanol–water partition coefficient (Wildman–Crippen LogP) is 11.1. The summed E-state index contributed by atoms with van der Waals surface area (Å²) in [7, 11) is -0.281. The van der Waals surface area contributed by atoms with Crippen LogP contribution in [0.2, 0.25) is 0 Å². The molecule has 2 aliphatic rings. The van der Waals surface area contributed by atoms with Crippen molar-refractivity contribution < 1.29 is 112 Å². The molecule has 497 valence electrons. The van der Waals surface area contributed by atoms with Crippen LogP contribution in [0.15, 0.2) is 60.9 Å². The molecule has 0 saturated heterocycles. The van der Waals surface area contributed by atoms with Gasteiger partial charge in [-0.3, -0.25) is 37.5 Å². The van der Waals surface area contributed by atoms with Crippen LogP contribution in [0.1, 0.15) is 84.1 Å². The summed E-state index contributed by atoms with van der Waals surface area (Å²) in [5.74, 6) is -0.537. The van der Waals surface area contributed by atoms with Crippen molar-refractivity contribution in [2.24, 2.45) is 0 Å². The Balaban J connectivity index is 0.000000381. The molecule has 2 aliphatic heterocycles. The molecule has 30 nitrogen and oxygen atoms in total. The molecule has 0 fully saturated rings. The maximum Gasteiger partial charge on any atom is 0.477 e. The van der Waals surface area contributed by atoms with Crippen molar-refractivity contribution in [1.82, 2.24) is 29.9 Å². The van der Waals surface area contributed by atoms with Gasteiger partial charge >= 0.3 is 15.6 Å². The van der Waals surface area contributed by atoms with Crippen LogP contribution < -0.4 is 69.0 Å². The van der Waals surface area contributed by atoms with E-state index in [2.05, 4.69) is 55.7 Å². The standard InChI is InChI=1S/C31H42FN6O9P.C23H26FN6O9P.2CH4.V/c1-29(2,3)46-48(40,47-30(4,5)6)44-17-38-26-20(45-31(7,8)27(38)39)12-13-23(36-26)35-25-19(32)16-33-28(37-25)34-18-14-21(41-9)24(43-11)22(15-18)42-10;1-23(2)21(31)30(11-38-40(32,33)34)20-14(39-23)6-7-17(28-20)27-19-13(24)10-25-22(29-19)26-12-8-15(35-3)18(37-5)16(9-12)36-4;;;/h12-16H,17H2,1-11H3,(H2,33,34,35,36,37);6-10H,11H2,1-5H3,(H2,32,33,34)(H2,25,26,27,28,29);2*1H4;. The second kappa shape index (κ2) is 30.0. The Morgan fingerprint density at radius 2 is 0.890 bits per heavy atom. The molecule has 2 amide bonds.